The van der Waals surface area contributed by atoms with Crippen molar-refractivity contribution in [1.29, 1.82) is 0 Å². The number of thiazole rings is 1. The Morgan fingerprint density at radius 2 is 2.36 bits per heavy atom. The first kappa shape index (κ1) is 11.1. The molecule has 4 nitrogen and oxygen atoms in total. The highest BCUT2D eigenvalue weighted by molar-refractivity contribution is 7.09. The van der Waals surface area contributed by atoms with E-state index in [2.05, 4.69) is 10.3 Å². The molecule has 0 aliphatic rings. The Morgan fingerprint density at radius 1 is 1.71 bits per heavy atom. The highest BCUT2D eigenvalue weighted by Crippen LogP contribution is 2.11. The van der Waals surface area contributed by atoms with Crippen molar-refractivity contribution in [2.75, 3.05) is 0 Å². The average Bonchev–Trinajstić information content (AvgIpc) is 2.45. The van der Waals surface area contributed by atoms with Gasteiger partial charge in [0.05, 0.1) is 23.3 Å². The van der Waals surface area contributed by atoms with Gasteiger partial charge in [0, 0.05) is 4.88 Å². The molecule has 0 unspecified atom stereocenters. The number of rotatable bonds is 3. The molecule has 0 saturated carbocycles. The van der Waals surface area contributed by atoms with Crippen molar-refractivity contribution in [2.45, 2.75) is 32.9 Å². The number of carbonyl (C=O) groups excluding carboxylic acids is 1. The predicted octanol–water partition coefficient (Wildman–Crippen LogP) is 0.805. The largest absolute Gasteiger partial charge is 0.350 e. The molecular formula is C9H15N3OS. The number of hydrogen-bond donors (Lipinski definition) is 2. The molecule has 5 heteroatoms. The van der Waals surface area contributed by atoms with Gasteiger partial charge in [0.1, 0.15) is 0 Å². The van der Waals surface area contributed by atoms with E-state index in [0.29, 0.717) is 6.54 Å². The van der Waals surface area contributed by atoms with E-state index in [-0.39, 0.29) is 5.91 Å². The number of nitrogens with one attached hydrogen (secondary N) is 1. The molecule has 0 radical (unpaired) electrons. The number of nitrogens with zero attached hydrogens (tertiary/aromatic N) is 1. The highest BCUT2D eigenvalue weighted by Gasteiger charge is 2.21. The summed E-state index contributed by atoms with van der Waals surface area (Å²) in [7, 11) is 0. The Morgan fingerprint density at radius 3 is 2.79 bits per heavy atom. The quantitative estimate of drug-likeness (QED) is 0.780. The molecule has 78 valence electrons. The number of hydrogen-bond acceptors (Lipinski definition) is 4. The SMILES string of the molecule is Cc1ncsc1CNC(=O)C(C)(C)N. The van der Waals surface area contributed by atoms with Crippen LogP contribution in [0.25, 0.3) is 0 Å². The van der Waals surface area contributed by atoms with Crippen molar-refractivity contribution in [3.63, 3.8) is 0 Å². The highest BCUT2D eigenvalue weighted by atomic mass is 32.1. The molecule has 0 fully saturated rings. The van der Waals surface area contributed by atoms with Crippen LogP contribution >= 0.6 is 11.3 Å². The van der Waals surface area contributed by atoms with Crippen molar-refractivity contribution in [3.05, 3.63) is 16.1 Å². The number of aryl methyl sites for hydroxylation is 1. The van der Waals surface area contributed by atoms with Gasteiger partial charge in [0.2, 0.25) is 5.91 Å². The third-order valence-electron chi connectivity index (χ3n) is 1.84. The lowest BCUT2D eigenvalue weighted by Crippen LogP contribution is -2.48. The van der Waals surface area contributed by atoms with Crippen molar-refractivity contribution in [3.8, 4) is 0 Å². The smallest absolute Gasteiger partial charge is 0.239 e. The molecule has 14 heavy (non-hydrogen) atoms. The van der Waals surface area contributed by atoms with Gasteiger partial charge in [-0.2, -0.15) is 0 Å². The summed E-state index contributed by atoms with van der Waals surface area (Å²) in [4.78, 5) is 16.6. The van der Waals surface area contributed by atoms with Crippen LogP contribution in [0.4, 0.5) is 0 Å². The maximum atomic E-state index is 11.4. The van der Waals surface area contributed by atoms with Crippen LogP contribution in [0.3, 0.4) is 0 Å². The zero-order valence-corrected chi connectivity index (χ0v) is 9.44. The average molecular weight is 213 g/mol. The first-order valence-corrected chi connectivity index (χ1v) is 5.25. The Bertz CT molecular complexity index is 327. The Balaban J connectivity index is 2.50. The predicted molar refractivity (Wildman–Crippen MR) is 57.0 cm³/mol. The fraction of sp³-hybridized carbons (Fsp3) is 0.556. The lowest BCUT2D eigenvalue weighted by atomic mass is 10.1. The molecular weight excluding hydrogens is 198 g/mol. The van der Waals surface area contributed by atoms with E-state index in [1.54, 1.807) is 19.4 Å². The van der Waals surface area contributed by atoms with Crippen LogP contribution in [0, 0.1) is 6.92 Å². The fourth-order valence-corrected chi connectivity index (χ4v) is 1.60. The molecule has 0 aromatic carbocycles. The van der Waals surface area contributed by atoms with Crippen LogP contribution < -0.4 is 11.1 Å². The standard InChI is InChI=1S/C9H15N3OS/c1-6-7(14-5-12-6)4-11-8(13)9(2,3)10/h5H,4,10H2,1-3H3,(H,11,13). The summed E-state index contributed by atoms with van der Waals surface area (Å²) < 4.78 is 0. The molecule has 1 amide bonds. The third-order valence-corrected chi connectivity index (χ3v) is 2.77. The fourth-order valence-electron chi connectivity index (χ4n) is 0.884. The van der Waals surface area contributed by atoms with Gasteiger partial charge in [-0.25, -0.2) is 4.98 Å². The second-order valence-electron chi connectivity index (χ2n) is 3.77. The van der Waals surface area contributed by atoms with Crippen LogP contribution in [0.2, 0.25) is 0 Å². The minimum atomic E-state index is -0.821. The van der Waals surface area contributed by atoms with Crippen LogP contribution in [-0.4, -0.2) is 16.4 Å². The van der Waals surface area contributed by atoms with E-state index in [0.717, 1.165) is 10.6 Å². The van der Waals surface area contributed by atoms with Gasteiger partial charge in [-0.3, -0.25) is 4.79 Å². The van der Waals surface area contributed by atoms with Gasteiger partial charge in [-0.05, 0) is 20.8 Å². The zero-order valence-electron chi connectivity index (χ0n) is 8.63. The lowest BCUT2D eigenvalue weighted by Gasteiger charge is -2.17. The van der Waals surface area contributed by atoms with Crippen molar-refractivity contribution >= 4 is 17.2 Å². The number of nitrogens with two attached hydrogens (primary N) is 1. The Hall–Kier alpha value is -0.940. The van der Waals surface area contributed by atoms with Gasteiger partial charge >= 0.3 is 0 Å². The summed E-state index contributed by atoms with van der Waals surface area (Å²) in [6.45, 7) is 5.80. The molecule has 1 rings (SSSR count). The van der Waals surface area contributed by atoms with Gasteiger partial charge in [0.15, 0.2) is 0 Å². The molecule has 1 heterocycles. The first-order valence-electron chi connectivity index (χ1n) is 4.37. The summed E-state index contributed by atoms with van der Waals surface area (Å²) in [5.74, 6) is -0.148. The molecule has 0 aliphatic carbocycles. The molecule has 1 aromatic heterocycles. The summed E-state index contributed by atoms with van der Waals surface area (Å²) in [5, 5.41) is 2.77. The summed E-state index contributed by atoms with van der Waals surface area (Å²) in [5.41, 5.74) is 7.54. The molecule has 3 N–H and O–H groups in total. The minimum Gasteiger partial charge on any atom is -0.350 e. The molecule has 0 spiro atoms. The summed E-state index contributed by atoms with van der Waals surface area (Å²) in [6, 6.07) is 0. The number of aromatic nitrogens is 1. The second-order valence-corrected chi connectivity index (χ2v) is 4.70. The minimum absolute atomic E-state index is 0.148. The van der Waals surface area contributed by atoms with E-state index in [1.807, 2.05) is 6.92 Å². The van der Waals surface area contributed by atoms with E-state index in [4.69, 9.17) is 5.73 Å². The van der Waals surface area contributed by atoms with Crippen molar-refractivity contribution in [2.24, 2.45) is 5.73 Å². The maximum absolute atomic E-state index is 11.4. The molecule has 0 saturated heterocycles. The van der Waals surface area contributed by atoms with E-state index in [1.165, 1.54) is 11.3 Å². The monoisotopic (exact) mass is 213 g/mol. The normalized spacial score (nSPS) is 11.4. The van der Waals surface area contributed by atoms with Crippen LogP contribution in [0.1, 0.15) is 24.4 Å². The number of carbonyl (C=O) groups is 1. The topological polar surface area (TPSA) is 68.0 Å². The van der Waals surface area contributed by atoms with E-state index >= 15 is 0 Å². The Kier molecular flexibility index (Phi) is 3.23. The third kappa shape index (κ3) is 2.78. The number of amides is 1. The van der Waals surface area contributed by atoms with Gasteiger partial charge in [-0.15, -0.1) is 11.3 Å². The molecule has 0 atom stereocenters. The molecule has 0 aliphatic heterocycles. The summed E-state index contributed by atoms with van der Waals surface area (Å²) >= 11 is 1.54. The lowest BCUT2D eigenvalue weighted by molar-refractivity contribution is -0.125. The van der Waals surface area contributed by atoms with Gasteiger partial charge in [-0.1, -0.05) is 0 Å². The van der Waals surface area contributed by atoms with Crippen molar-refractivity contribution in [1.82, 2.24) is 10.3 Å². The van der Waals surface area contributed by atoms with Crippen LogP contribution in [0.5, 0.6) is 0 Å². The van der Waals surface area contributed by atoms with E-state index in [9.17, 15) is 4.79 Å². The Labute approximate surface area is 87.5 Å². The molecule has 0 bridgehead atoms. The second kappa shape index (κ2) is 4.06. The van der Waals surface area contributed by atoms with Crippen molar-refractivity contribution < 1.29 is 4.79 Å². The molecule has 1 aromatic rings. The van der Waals surface area contributed by atoms with Gasteiger partial charge < -0.3 is 11.1 Å². The summed E-state index contributed by atoms with van der Waals surface area (Å²) in [6.07, 6.45) is 0. The van der Waals surface area contributed by atoms with E-state index < -0.39 is 5.54 Å². The van der Waals surface area contributed by atoms with Crippen LogP contribution in [0.15, 0.2) is 5.51 Å². The zero-order chi connectivity index (χ0) is 10.8. The first-order chi connectivity index (χ1) is 6.41. The maximum Gasteiger partial charge on any atom is 0.239 e. The van der Waals surface area contributed by atoms with Crippen LogP contribution in [-0.2, 0) is 11.3 Å². The van der Waals surface area contributed by atoms with Gasteiger partial charge in [0.25, 0.3) is 0 Å².